The average molecular weight is 351 g/mol. The molecule has 7 nitrogen and oxygen atoms in total. The van der Waals surface area contributed by atoms with Gasteiger partial charge in [0.05, 0.1) is 13.0 Å². The van der Waals surface area contributed by atoms with Crippen molar-refractivity contribution in [2.75, 3.05) is 40.1 Å². The molecule has 0 saturated carbocycles. The Hall–Kier alpha value is -2.12. The molecule has 0 atom stereocenters. The topological polar surface area (TPSA) is 85.3 Å². The zero-order valence-corrected chi connectivity index (χ0v) is 14.5. The van der Waals surface area contributed by atoms with E-state index >= 15 is 0 Å². The Kier molecular flexibility index (Phi) is 7.69. The summed E-state index contributed by atoms with van der Waals surface area (Å²) in [7, 11) is 1.60. The first-order valence-corrected chi connectivity index (χ1v) is 8.44. The van der Waals surface area contributed by atoms with Gasteiger partial charge < -0.3 is 24.2 Å². The third-order valence-electron chi connectivity index (χ3n) is 4.12. The Morgan fingerprint density at radius 1 is 1.20 bits per heavy atom. The maximum absolute atomic E-state index is 12.9. The smallest absolute Gasteiger partial charge is 0.305 e. The number of carboxylic acids is 1. The van der Waals surface area contributed by atoms with E-state index in [2.05, 4.69) is 0 Å². The standard InChI is InChI=1S/C18H25NO6/c1-23-12-13-25-16-4-2-14(3-5-16)18(22)19(9-6-17(20)21)15-7-10-24-11-8-15/h2-5,15H,6-13H2,1H3,(H,20,21). The summed E-state index contributed by atoms with van der Waals surface area (Å²) in [5.74, 6) is -0.403. The van der Waals surface area contributed by atoms with E-state index in [-0.39, 0.29) is 24.9 Å². The van der Waals surface area contributed by atoms with Crippen molar-refractivity contribution >= 4 is 11.9 Å². The van der Waals surface area contributed by atoms with Gasteiger partial charge in [0.15, 0.2) is 0 Å². The van der Waals surface area contributed by atoms with Crippen molar-refractivity contribution in [3.63, 3.8) is 0 Å². The highest BCUT2D eigenvalue weighted by molar-refractivity contribution is 5.94. The van der Waals surface area contributed by atoms with Crippen LogP contribution in [0.5, 0.6) is 5.75 Å². The normalized spacial score (nSPS) is 14.9. The highest BCUT2D eigenvalue weighted by Gasteiger charge is 2.27. The van der Waals surface area contributed by atoms with E-state index in [9.17, 15) is 9.59 Å². The minimum Gasteiger partial charge on any atom is -0.491 e. The van der Waals surface area contributed by atoms with E-state index in [1.807, 2.05) is 0 Å². The zero-order valence-electron chi connectivity index (χ0n) is 14.5. The summed E-state index contributed by atoms with van der Waals surface area (Å²) in [5, 5.41) is 8.96. The molecule has 25 heavy (non-hydrogen) atoms. The van der Waals surface area contributed by atoms with Crippen molar-refractivity contribution in [2.45, 2.75) is 25.3 Å². The Labute approximate surface area is 147 Å². The van der Waals surface area contributed by atoms with Gasteiger partial charge in [-0.15, -0.1) is 0 Å². The van der Waals surface area contributed by atoms with Gasteiger partial charge in [-0.05, 0) is 37.1 Å². The molecule has 1 heterocycles. The lowest BCUT2D eigenvalue weighted by molar-refractivity contribution is -0.137. The summed E-state index contributed by atoms with van der Waals surface area (Å²) in [6.07, 6.45) is 1.38. The van der Waals surface area contributed by atoms with Gasteiger partial charge in [-0.2, -0.15) is 0 Å². The molecular weight excluding hydrogens is 326 g/mol. The zero-order chi connectivity index (χ0) is 18.1. The van der Waals surface area contributed by atoms with Crippen LogP contribution in [0, 0.1) is 0 Å². The van der Waals surface area contributed by atoms with Gasteiger partial charge in [-0.25, -0.2) is 0 Å². The summed E-state index contributed by atoms with van der Waals surface area (Å²) < 4.78 is 15.8. The monoisotopic (exact) mass is 351 g/mol. The number of ether oxygens (including phenoxy) is 3. The Bertz CT molecular complexity index is 553. The number of benzene rings is 1. The third-order valence-corrected chi connectivity index (χ3v) is 4.12. The van der Waals surface area contributed by atoms with Crippen LogP contribution in [0.3, 0.4) is 0 Å². The summed E-state index contributed by atoms with van der Waals surface area (Å²) in [5.41, 5.74) is 0.524. The van der Waals surface area contributed by atoms with Crippen molar-refractivity contribution < 1.29 is 28.9 Å². The van der Waals surface area contributed by atoms with Crippen molar-refractivity contribution in [3.05, 3.63) is 29.8 Å². The van der Waals surface area contributed by atoms with Crippen molar-refractivity contribution in [1.82, 2.24) is 4.90 Å². The molecule has 1 fully saturated rings. The molecule has 1 amide bonds. The van der Waals surface area contributed by atoms with Crippen molar-refractivity contribution in [3.8, 4) is 5.75 Å². The Morgan fingerprint density at radius 3 is 2.48 bits per heavy atom. The van der Waals surface area contributed by atoms with Gasteiger partial charge in [0, 0.05) is 38.5 Å². The predicted molar refractivity (Wildman–Crippen MR) is 90.9 cm³/mol. The van der Waals surface area contributed by atoms with E-state index < -0.39 is 5.97 Å². The maximum atomic E-state index is 12.9. The van der Waals surface area contributed by atoms with E-state index in [1.165, 1.54) is 0 Å². The van der Waals surface area contributed by atoms with Crippen LogP contribution in [0.2, 0.25) is 0 Å². The molecule has 0 spiro atoms. The minimum atomic E-state index is -0.910. The molecule has 1 aliphatic heterocycles. The molecule has 1 N–H and O–H groups in total. The molecule has 2 rings (SSSR count). The van der Waals surface area contributed by atoms with Crippen LogP contribution in [0.1, 0.15) is 29.6 Å². The van der Waals surface area contributed by atoms with Crippen LogP contribution < -0.4 is 4.74 Å². The van der Waals surface area contributed by atoms with Crippen LogP contribution in [0.25, 0.3) is 0 Å². The first-order chi connectivity index (χ1) is 12.1. The summed E-state index contributed by atoms with van der Waals surface area (Å²) >= 11 is 0. The fourth-order valence-corrected chi connectivity index (χ4v) is 2.77. The maximum Gasteiger partial charge on any atom is 0.305 e. The molecule has 1 saturated heterocycles. The summed E-state index contributed by atoms with van der Waals surface area (Å²) in [6.45, 7) is 2.32. The lowest BCUT2D eigenvalue weighted by Gasteiger charge is -2.34. The van der Waals surface area contributed by atoms with Crippen LogP contribution in [-0.4, -0.2) is 68.0 Å². The molecule has 1 aromatic carbocycles. The lowest BCUT2D eigenvalue weighted by Crippen LogP contribution is -2.44. The number of hydrogen-bond acceptors (Lipinski definition) is 5. The quantitative estimate of drug-likeness (QED) is 0.683. The summed E-state index contributed by atoms with van der Waals surface area (Å²) in [4.78, 5) is 25.4. The Morgan fingerprint density at radius 2 is 1.88 bits per heavy atom. The number of hydrogen-bond donors (Lipinski definition) is 1. The van der Waals surface area contributed by atoms with Crippen LogP contribution in [0.15, 0.2) is 24.3 Å². The van der Waals surface area contributed by atoms with Crippen LogP contribution in [0.4, 0.5) is 0 Å². The fourth-order valence-electron chi connectivity index (χ4n) is 2.77. The second kappa shape index (κ2) is 10.0. The molecule has 0 radical (unpaired) electrons. The van der Waals surface area contributed by atoms with Crippen LogP contribution >= 0.6 is 0 Å². The van der Waals surface area contributed by atoms with Gasteiger partial charge in [0.2, 0.25) is 0 Å². The first kappa shape index (κ1) is 19.2. The number of carbonyl (C=O) groups is 2. The molecule has 1 aromatic rings. The van der Waals surface area contributed by atoms with E-state index in [1.54, 1.807) is 36.3 Å². The number of aliphatic carboxylic acids is 1. The molecule has 7 heteroatoms. The second-order valence-electron chi connectivity index (χ2n) is 5.85. The van der Waals surface area contributed by atoms with Crippen molar-refractivity contribution in [1.29, 1.82) is 0 Å². The highest BCUT2D eigenvalue weighted by atomic mass is 16.5. The van der Waals surface area contributed by atoms with Gasteiger partial charge in [-0.3, -0.25) is 9.59 Å². The predicted octanol–water partition coefficient (Wildman–Crippen LogP) is 1.81. The summed E-state index contributed by atoms with van der Waals surface area (Å²) in [6, 6.07) is 6.90. The fraction of sp³-hybridized carbons (Fsp3) is 0.556. The van der Waals surface area contributed by atoms with Gasteiger partial charge in [0.25, 0.3) is 5.91 Å². The number of amides is 1. The molecule has 1 aliphatic rings. The molecule has 0 aliphatic carbocycles. The first-order valence-electron chi connectivity index (χ1n) is 8.44. The number of rotatable bonds is 9. The Balaban J connectivity index is 2.04. The van der Waals surface area contributed by atoms with Crippen molar-refractivity contribution in [2.24, 2.45) is 0 Å². The van der Waals surface area contributed by atoms with E-state index in [0.29, 0.717) is 37.7 Å². The molecule has 138 valence electrons. The highest BCUT2D eigenvalue weighted by Crippen LogP contribution is 2.20. The van der Waals surface area contributed by atoms with E-state index in [4.69, 9.17) is 19.3 Å². The van der Waals surface area contributed by atoms with Gasteiger partial charge >= 0.3 is 5.97 Å². The van der Waals surface area contributed by atoms with Gasteiger partial charge in [-0.1, -0.05) is 0 Å². The minimum absolute atomic E-state index is 0.0122. The number of carbonyl (C=O) groups excluding carboxylic acids is 1. The average Bonchev–Trinajstić information content (AvgIpc) is 2.63. The molecule has 0 aromatic heterocycles. The lowest BCUT2D eigenvalue weighted by atomic mass is 10.0. The SMILES string of the molecule is COCCOc1ccc(C(=O)N(CCC(=O)O)C2CCOCC2)cc1. The van der Waals surface area contributed by atoms with E-state index in [0.717, 1.165) is 12.8 Å². The molecule has 0 bridgehead atoms. The number of methoxy groups -OCH3 is 1. The van der Waals surface area contributed by atoms with Gasteiger partial charge in [0.1, 0.15) is 12.4 Å². The largest absolute Gasteiger partial charge is 0.491 e. The van der Waals surface area contributed by atoms with Crippen LogP contribution in [-0.2, 0) is 14.3 Å². The third kappa shape index (κ3) is 6.03. The number of carboxylic acid groups (broad SMARTS) is 1. The number of nitrogens with zero attached hydrogens (tertiary/aromatic N) is 1. The molecular formula is C18H25NO6. The molecule has 0 unspecified atom stereocenters. The second-order valence-corrected chi connectivity index (χ2v) is 5.85.